The Morgan fingerprint density at radius 1 is 0.833 bits per heavy atom. The molecular formula is C20H15O3P. The summed E-state index contributed by atoms with van der Waals surface area (Å²) in [6.45, 7) is 1.94. The molecule has 1 aliphatic rings. The fourth-order valence-corrected chi connectivity index (χ4v) is 5.05. The topological polar surface area (TPSA) is 43.4 Å². The van der Waals surface area contributed by atoms with Gasteiger partial charge in [0.25, 0.3) is 5.52 Å². The molecule has 0 aromatic heterocycles. The molecule has 1 aliphatic heterocycles. The number of carbonyl (C=O) groups excluding carboxylic acids is 1. The first-order valence-electron chi connectivity index (χ1n) is 7.70. The minimum atomic E-state index is -3.70. The van der Waals surface area contributed by atoms with Crippen LogP contribution in [-0.4, -0.2) is 5.52 Å². The number of fused-ring (bicyclic) bond motifs is 3. The van der Waals surface area contributed by atoms with Crippen molar-refractivity contribution in [3.05, 3.63) is 83.9 Å². The molecule has 4 rings (SSSR count). The van der Waals surface area contributed by atoms with Gasteiger partial charge in [0, 0.05) is 11.1 Å². The third-order valence-corrected chi connectivity index (χ3v) is 6.46. The highest BCUT2D eigenvalue weighted by Gasteiger charge is 2.43. The maximum atomic E-state index is 13.6. The van der Waals surface area contributed by atoms with Crippen LogP contribution in [0.3, 0.4) is 0 Å². The summed E-state index contributed by atoms with van der Waals surface area (Å²) in [7, 11) is -3.70. The Hall–Kier alpha value is -2.64. The molecule has 1 unspecified atom stereocenters. The summed E-state index contributed by atoms with van der Waals surface area (Å²) in [4.78, 5) is 13.0. The van der Waals surface area contributed by atoms with Gasteiger partial charge in [0.15, 0.2) is 0 Å². The summed E-state index contributed by atoms with van der Waals surface area (Å²) in [5.41, 5.74) is 2.63. The van der Waals surface area contributed by atoms with E-state index < -0.39 is 12.9 Å². The van der Waals surface area contributed by atoms with Crippen molar-refractivity contribution in [3.63, 3.8) is 0 Å². The highest BCUT2D eigenvalue weighted by Crippen LogP contribution is 2.56. The Bertz CT molecular complexity index is 990. The minimum Gasteiger partial charge on any atom is -0.434 e. The van der Waals surface area contributed by atoms with E-state index in [1.54, 1.807) is 30.3 Å². The molecule has 4 heteroatoms. The Morgan fingerprint density at radius 3 is 2.21 bits per heavy atom. The zero-order valence-corrected chi connectivity index (χ0v) is 14.0. The molecule has 0 N–H and O–H groups in total. The van der Waals surface area contributed by atoms with Crippen LogP contribution in [0.5, 0.6) is 5.75 Å². The Labute approximate surface area is 140 Å². The van der Waals surface area contributed by atoms with Gasteiger partial charge in [-0.2, -0.15) is 0 Å². The Balaban J connectivity index is 1.91. The molecule has 0 spiro atoms. The van der Waals surface area contributed by atoms with E-state index in [1.165, 1.54) is 0 Å². The molecule has 0 aliphatic carbocycles. The number of benzene rings is 3. The molecular weight excluding hydrogens is 319 g/mol. The molecule has 0 radical (unpaired) electrons. The third-order valence-electron chi connectivity index (χ3n) is 4.19. The summed E-state index contributed by atoms with van der Waals surface area (Å²) in [6.07, 6.45) is 0. The number of carbonyl (C=O) groups is 1. The van der Waals surface area contributed by atoms with Crippen molar-refractivity contribution >= 4 is 18.2 Å². The smallest absolute Gasteiger partial charge is 0.347 e. The maximum Gasteiger partial charge on any atom is 0.347 e. The third kappa shape index (κ3) is 2.21. The summed E-state index contributed by atoms with van der Waals surface area (Å²) in [5, 5.41) is 0.467. The van der Waals surface area contributed by atoms with Crippen molar-refractivity contribution < 1.29 is 13.9 Å². The summed E-state index contributed by atoms with van der Waals surface area (Å²) >= 11 is 0. The van der Waals surface area contributed by atoms with Crippen molar-refractivity contribution in [2.75, 3.05) is 0 Å². The first kappa shape index (κ1) is 14.9. The van der Waals surface area contributed by atoms with E-state index in [1.807, 2.05) is 49.4 Å². The molecule has 0 saturated carbocycles. The molecule has 1 atom stereocenters. The molecule has 118 valence electrons. The number of para-hydroxylation sites is 1. The molecule has 24 heavy (non-hydrogen) atoms. The number of rotatable bonds is 2. The zero-order chi connectivity index (χ0) is 16.7. The van der Waals surface area contributed by atoms with Gasteiger partial charge in [0.1, 0.15) is 5.75 Å². The molecule has 0 saturated heterocycles. The predicted octanol–water partition coefficient (Wildman–Crippen LogP) is 4.80. The SMILES string of the molecule is Cc1ccc(C(=O)P2(=O)Oc3ccccc3-c3ccccc32)cc1. The fraction of sp³-hybridized carbons (Fsp3) is 0.0500. The second kappa shape index (κ2) is 5.47. The van der Waals surface area contributed by atoms with E-state index in [9.17, 15) is 9.36 Å². The van der Waals surface area contributed by atoms with Gasteiger partial charge in [0.2, 0.25) is 0 Å². The summed E-state index contributed by atoms with van der Waals surface area (Å²) in [5.74, 6) is 0.486. The highest BCUT2D eigenvalue weighted by atomic mass is 31.2. The van der Waals surface area contributed by atoms with Crippen LogP contribution in [0.15, 0.2) is 72.8 Å². The van der Waals surface area contributed by atoms with Crippen molar-refractivity contribution in [1.82, 2.24) is 0 Å². The fourth-order valence-electron chi connectivity index (χ4n) is 2.93. The summed E-state index contributed by atoms with van der Waals surface area (Å²) in [6, 6.07) is 21.7. The van der Waals surface area contributed by atoms with Gasteiger partial charge in [0.05, 0.1) is 5.30 Å². The molecule has 0 fully saturated rings. The van der Waals surface area contributed by atoms with E-state index in [-0.39, 0.29) is 0 Å². The lowest BCUT2D eigenvalue weighted by Crippen LogP contribution is -2.23. The lowest BCUT2D eigenvalue weighted by atomic mass is 10.0. The Morgan fingerprint density at radius 2 is 1.46 bits per heavy atom. The number of hydrogen-bond donors (Lipinski definition) is 0. The monoisotopic (exact) mass is 334 g/mol. The standard InChI is InChI=1S/C20H15O3P/c1-14-10-12-15(13-11-14)20(21)24(22)19-9-5-3-7-17(19)16-6-2-4-8-18(16)23-24/h2-13H,1H3. The van der Waals surface area contributed by atoms with Crippen molar-refractivity contribution in [2.24, 2.45) is 0 Å². The van der Waals surface area contributed by atoms with E-state index >= 15 is 0 Å². The van der Waals surface area contributed by atoms with Gasteiger partial charge in [-0.25, -0.2) is 0 Å². The zero-order valence-electron chi connectivity index (χ0n) is 13.1. The quantitative estimate of drug-likeness (QED) is 0.632. The maximum absolute atomic E-state index is 13.6. The van der Waals surface area contributed by atoms with Crippen molar-refractivity contribution in [1.29, 1.82) is 0 Å². The highest BCUT2D eigenvalue weighted by molar-refractivity contribution is 7.84. The van der Waals surface area contributed by atoms with Gasteiger partial charge >= 0.3 is 7.37 Å². The van der Waals surface area contributed by atoms with E-state index in [0.29, 0.717) is 16.6 Å². The molecule has 3 nitrogen and oxygen atoms in total. The largest absolute Gasteiger partial charge is 0.434 e. The first-order chi connectivity index (χ1) is 11.6. The van der Waals surface area contributed by atoms with Crippen molar-refractivity contribution in [3.8, 4) is 16.9 Å². The number of hydrogen-bond acceptors (Lipinski definition) is 3. The van der Waals surface area contributed by atoms with Crippen LogP contribution in [0.25, 0.3) is 11.1 Å². The van der Waals surface area contributed by atoms with Gasteiger partial charge in [-0.05, 0) is 24.6 Å². The average molecular weight is 334 g/mol. The Kier molecular flexibility index (Phi) is 3.40. The lowest BCUT2D eigenvalue weighted by molar-refractivity contribution is 0.106. The first-order valence-corrected chi connectivity index (χ1v) is 9.32. The van der Waals surface area contributed by atoms with Crippen LogP contribution in [0.2, 0.25) is 0 Å². The number of aryl methyl sites for hydroxylation is 1. The van der Waals surface area contributed by atoms with E-state index in [0.717, 1.165) is 16.7 Å². The van der Waals surface area contributed by atoms with Crippen LogP contribution >= 0.6 is 7.37 Å². The van der Waals surface area contributed by atoms with Crippen LogP contribution in [-0.2, 0) is 4.57 Å². The van der Waals surface area contributed by atoms with Gasteiger partial charge in [-0.15, -0.1) is 0 Å². The minimum absolute atomic E-state index is 0.401. The lowest BCUT2D eigenvalue weighted by Gasteiger charge is -2.27. The van der Waals surface area contributed by atoms with Gasteiger partial charge in [-0.3, -0.25) is 9.36 Å². The average Bonchev–Trinajstić information content (AvgIpc) is 2.62. The second-order valence-electron chi connectivity index (χ2n) is 5.83. The molecule has 0 amide bonds. The van der Waals surface area contributed by atoms with E-state index in [2.05, 4.69) is 0 Å². The van der Waals surface area contributed by atoms with Crippen LogP contribution in [0.4, 0.5) is 0 Å². The van der Waals surface area contributed by atoms with Gasteiger partial charge in [-0.1, -0.05) is 66.2 Å². The molecule has 3 aromatic rings. The summed E-state index contributed by atoms with van der Waals surface area (Å²) < 4.78 is 19.4. The molecule has 0 bridgehead atoms. The second-order valence-corrected chi connectivity index (χ2v) is 8.00. The van der Waals surface area contributed by atoms with Crippen LogP contribution < -0.4 is 9.83 Å². The normalized spacial score (nSPS) is 18.2. The predicted molar refractivity (Wildman–Crippen MR) is 95.3 cm³/mol. The van der Waals surface area contributed by atoms with Crippen LogP contribution in [0, 0.1) is 6.92 Å². The van der Waals surface area contributed by atoms with Gasteiger partial charge < -0.3 is 4.52 Å². The molecule has 3 aromatic carbocycles. The van der Waals surface area contributed by atoms with Crippen molar-refractivity contribution in [2.45, 2.75) is 6.92 Å². The molecule has 1 heterocycles. The van der Waals surface area contributed by atoms with Crippen LogP contribution in [0.1, 0.15) is 15.9 Å². The van der Waals surface area contributed by atoms with E-state index in [4.69, 9.17) is 4.52 Å².